The fourth-order valence-corrected chi connectivity index (χ4v) is 3.46. The molecule has 28 heavy (non-hydrogen) atoms. The molecule has 2 aromatic heterocycles. The molecule has 4 heteroatoms. The summed E-state index contributed by atoms with van der Waals surface area (Å²) in [5.41, 5.74) is 3.06. The first-order valence-corrected chi connectivity index (χ1v) is 9.32. The van der Waals surface area contributed by atoms with Crippen LogP contribution in [0.1, 0.15) is 18.9 Å². The van der Waals surface area contributed by atoms with E-state index < -0.39 is 0 Å². The Balaban J connectivity index is 2.14. The smallest absolute Gasteiger partial charge is 0.354 e. The van der Waals surface area contributed by atoms with Gasteiger partial charge in [0.2, 0.25) is 0 Å². The van der Waals surface area contributed by atoms with Gasteiger partial charge < -0.3 is 5.11 Å². The lowest BCUT2D eigenvalue weighted by molar-refractivity contribution is -0.525. The summed E-state index contributed by atoms with van der Waals surface area (Å²) in [4.78, 5) is 13.6. The zero-order valence-electron chi connectivity index (χ0n) is 15.6. The highest BCUT2D eigenvalue weighted by Gasteiger charge is 2.27. The Morgan fingerprint density at radius 3 is 2.29 bits per heavy atom. The zero-order chi connectivity index (χ0) is 19.5. The van der Waals surface area contributed by atoms with Crippen LogP contribution in [0.2, 0.25) is 0 Å². The van der Waals surface area contributed by atoms with Gasteiger partial charge in [-0.3, -0.25) is 0 Å². The molecule has 0 spiro atoms. The second-order valence-corrected chi connectivity index (χ2v) is 6.50. The lowest BCUT2D eigenvalue weighted by atomic mass is 10.1. The molecule has 0 aliphatic carbocycles. The number of aromatic hydroxyl groups is 1. The first-order valence-electron chi connectivity index (χ1n) is 9.32. The van der Waals surface area contributed by atoms with Gasteiger partial charge in [-0.15, -0.1) is 0 Å². The quantitative estimate of drug-likeness (QED) is 0.547. The summed E-state index contributed by atoms with van der Waals surface area (Å²) in [7, 11) is 0. The van der Waals surface area contributed by atoms with E-state index in [1.165, 1.54) is 0 Å². The summed E-state index contributed by atoms with van der Waals surface area (Å²) < 4.78 is 3.33. The Bertz CT molecular complexity index is 1210. The highest BCUT2D eigenvalue weighted by atomic mass is 16.3. The maximum absolute atomic E-state index is 13.6. The summed E-state index contributed by atoms with van der Waals surface area (Å²) >= 11 is 0. The van der Waals surface area contributed by atoms with Crippen LogP contribution in [0, 0.1) is 0 Å². The van der Waals surface area contributed by atoms with Crippen molar-refractivity contribution >= 4 is 11.3 Å². The van der Waals surface area contributed by atoms with Crippen LogP contribution in [-0.2, 0) is 0 Å². The molecule has 4 rings (SSSR count). The minimum Gasteiger partial charge on any atom is -0.477 e. The van der Waals surface area contributed by atoms with Gasteiger partial charge >= 0.3 is 11.4 Å². The lowest BCUT2D eigenvalue weighted by Crippen LogP contribution is -2.35. The number of nitrogens with zero attached hydrogens (tertiary/aromatic N) is 2. The summed E-state index contributed by atoms with van der Waals surface area (Å²) in [6.45, 7) is 2.04. The third kappa shape index (κ3) is 2.99. The average Bonchev–Trinajstić information content (AvgIpc) is 2.75. The fourth-order valence-electron chi connectivity index (χ4n) is 3.46. The number of rotatable bonds is 4. The summed E-state index contributed by atoms with van der Waals surface area (Å²) in [6, 6.07) is 24.7. The molecule has 0 saturated heterocycles. The third-order valence-electron chi connectivity index (χ3n) is 4.71. The molecule has 0 saturated carbocycles. The second kappa shape index (κ2) is 7.53. The van der Waals surface area contributed by atoms with Crippen LogP contribution < -0.4 is 9.96 Å². The van der Waals surface area contributed by atoms with Gasteiger partial charge in [0.15, 0.2) is 5.56 Å². The highest BCUT2D eigenvalue weighted by Crippen LogP contribution is 2.25. The van der Waals surface area contributed by atoms with Crippen molar-refractivity contribution in [1.29, 1.82) is 0 Å². The van der Waals surface area contributed by atoms with Crippen molar-refractivity contribution in [3.8, 4) is 17.0 Å². The van der Waals surface area contributed by atoms with Crippen molar-refractivity contribution in [1.82, 2.24) is 4.57 Å². The van der Waals surface area contributed by atoms with Gasteiger partial charge in [0, 0.05) is 11.6 Å². The number of aromatic nitrogens is 2. The molecule has 0 aliphatic heterocycles. The van der Waals surface area contributed by atoms with Crippen molar-refractivity contribution in [3.63, 3.8) is 0 Å². The monoisotopic (exact) mass is 369 g/mol. The van der Waals surface area contributed by atoms with Crippen molar-refractivity contribution < 1.29 is 9.51 Å². The first-order chi connectivity index (χ1) is 13.7. The number of allylic oxidation sites excluding steroid dienone is 1. The van der Waals surface area contributed by atoms with Gasteiger partial charge in [-0.1, -0.05) is 73.7 Å². The molecule has 4 nitrogen and oxygen atoms in total. The average molecular weight is 369 g/mol. The minimum absolute atomic E-state index is 0.0630. The fraction of sp³-hybridized carbons (Fsp3) is 0.0833. The van der Waals surface area contributed by atoms with Gasteiger partial charge in [0.1, 0.15) is 5.70 Å². The van der Waals surface area contributed by atoms with E-state index in [0.717, 1.165) is 17.7 Å². The Morgan fingerprint density at radius 2 is 1.61 bits per heavy atom. The topological polar surface area (TPSA) is 46.3 Å². The lowest BCUT2D eigenvalue weighted by Gasteiger charge is -2.11. The SMILES string of the molecule is CC/C=C(/c1ccccc1)n1c(=O)c(-c2ccccc2)c(O)[n+]2ccccc12. The molecule has 2 heterocycles. The van der Waals surface area contributed by atoms with Crippen LogP contribution in [0.15, 0.2) is 95.9 Å². The van der Waals surface area contributed by atoms with E-state index >= 15 is 0 Å². The molecule has 0 amide bonds. The summed E-state index contributed by atoms with van der Waals surface area (Å²) in [5.74, 6) is -0.0630. The number of fused-ring (bicyclic) bond motifs is 1. The predicted octanol–water partition coefficient (Wildman–Crippen LogP) is 4.26. The molecule has 0 atom stereocenters. The molecule has 2 aromatic carbocycles. The van der Waals surface area contributed by atoms with Gasteiger partial charge in [-0.25, -0.2) is 4.79 Å². The van der Waals surface area contributed by atoms with E-state index in [4.69, 9.17) is 0 Å². The van der Waals surface area contributed by atoms with Gasteiger partial charge in [-0.05, 0) is 24.1 Å². The molecule has 0 bridgehead atoms. The largest absolute Gasteiger partial charge is 0.477 e. The number of pyridine rings is 1. The minimum atomic E-state index is -0.251. The van der Waals surface area contributed by atoms with Crippen LogP contribution in [0.4, 0.5) is 0 Å². The van der Waals surface area contributed by atoms with Crippen molar-refractivity contribution in [3.05, 3.63) is 107 Å². The number of benzene rings is 2. The van der Waals surface area contributed by atoms with E-state index in [9.17, 15) is 9.90 Å². The van der Waals surface area contributed by atoms with Crippen molar-refractivity contribution in [2.75, 3.05) is 0 Å². The molecule has 138 valence electrons. The van der Waals surface area contributed by atoms with Crippen LogP contribution in [0.25, 0.3) is 22.5 Å². The number of hydrogen-bond acceptors (Lipinski definition) is 2. The van der Waals surface area contributed by atoms with E-state index in [1.807, 2.05) is 91.9 Å². The highest BCUT2D eigenvalue weighted by molar-refractivity contribution is 5.73. The predicted molar refractivity (Wildman–Crippen MR) is 111 cm³/mol. The molecule has 4 aromatic rings. The van der Waals surface area contributed by atoms with Gasteiger partial charge in [0.05, 0.1) is 6.20 Å². The third-order valence-corrected chi connectivity index (χ3v) is 4.71. The Hall–Kier alpha value is -3.66. The molecule has 0 unspecified atom stereocenters. The second-order valence-electron chi connectivity index (χ2n) is 6.50. The Kier molecular flexibility index (Phi) is 4.77. The maximum atomic E-state index is 13.6. The van der Waals surface area contributed by atoms with Crippen LogP contribution in [0.5, 0.6) is 5.88 Å². The Labute approximate surface area is 163 Å². The summed E-state index contributed by atoms with van der Waals surface area (Å²) in [5, 5.41) is 10.9. The van der Waals surface area contributed by atoms with Gasteiger partial charge in [-0.2, -0.15) is 8.97 Å². The van der Waals surface area contributed by atoms with Crippen LogP contribution >= 0.6 is 0 Å². The Morgan fingerprint density at radius 1 is 0.964 bits per heavy atom. The van der Waals surface area contributed by atoms with E-state index in [1.54, 1.807) is 15.2 Å². The molecular formula is C24H21N2O2+. The van der Waals surface area contributed by atoms with Crippen molar-refractivity contribution in [2.45, 2.75) is 13.3 Å². The maximum Gasteiger partial charge on any atom is 0.354 e. The van der Waals surface area contributed by atoms with E-state index in [-0.39, 0.29) is 17.0 Å². The van der Waals surface area contributed by atoms with Crippen LogP contribution in [-0.4, -0.2) is 9.67 Å². The zero-order valence-corrected chi connectivity index (χ0v) is 15.6. The molecular weight excluding hydrogens is 348 g/mol. The molecule has 0 radical (unpaired) electrons. The van der Waals surface area contributed by atoms with Gasteiger partial charge in [0.25, 0.3) is 5.65 Å². The molecule has 0 fully saturated rings. The van der Waals surface area contributed by atoms with E-state index in [2.05, 4.69) is 0 Å². The number of hydrogen-bond donors (Lipinski definition) is 1. The van der Waals surface area contributed by atoms with E-state index in [0.29, 0.717) is 11.2 Å². The molecule has 1 N–H and O–H groups in total. The summed E-state index contributed by atoms with van der Waals surface area (Å²) in [6.07, 6.45) is 4.58. The molecule has 0 aliphatic rings. The normalized spacial score (nSPS) is 11.7. The van der Waals surface area contributed by atoms with Crippen LogP contribution in [0.3, 0.4) is 0 Å². The standard InChI is InChI=1S/C24H20N2O2/c1-2-11-20(18-12-5-3-6-13-18)26-21-16-9-10-17-25(21)23(27)22(24(26)28)19-14-7-4-8-15-19/h3-17H,2H2,1H3/p+1/b20-11-. The first kappa shape index (κ1) is 17.7. The van der Waals surface area contributed by atoms with Crippen molar-refractivity contribution in [2.24, 2.45) is 0 Å².